The summed E-state index contributed by atoms with van der Waals surface area (Å²) >= 11 is 1.62. The first kappa shape index (κ1) is 19.6. The van der Waals surface area contributed by atoms with Crippen molar-refractivity contribution in [3.8, 4) is 27.9 Å². The van der Waals surface area contributed by atoms with Gasteiger partial charge in [0.1, 0.15) is 5.01 Å². The summed E-state index contributed by atoms with van der Waals surface area (Å²) in [4.78, 5) is 17.1. The second-order valence-corrected chi connectivity index (χ2v) is 7.83. The number of nitriles is 1. The van der Waals surface area contributed by atoms with Crippen LogP contribution in [0.1, 0.15) is 27.0 Å². The summed E-state index contributed by atoms with van der Waals surface area (Å²) < 4.78 is 0. The highest BCUT2D eigenvalue weighted by atomic mass is 32.1. The first-order chi connectivity index (χ1) is 14.6. The molecule has 0 aliphatic rings. The lowest BCUT2D eigenvalue weighted by Crippen LogP contribution is -2.22. The molecule has 0 saturated heterocycles. The van der Waals surface area contributed by atoms with Crippen LogP contribution in [0.25, 0.3) is 21.8 Å². The highest BCUT2D eigenvalue weighted by molar-refractivity contribution is 7.13. The third-order valence-corrected chi connectivity index (χ3v) is 5.65. The number of thiazole rings is 1. The van der Waals surface area contributed by atoms with Gasteiger partial charge >= 0.3 is 0 Å². The summed E-state index contributed by atoms with van der Waals surface area (Å²) in [7, 11) is 0. The Labute approximate surface area is 179 Å². The van der Waals surface area contributed by atoms with Gasteiger partial charge in [-0.25, -0.2) is 4.98 Å². The minimum Gasteiger partial charge on any atom is -0.348 e. The molecule has 1 amide bonds. The number of hydrogen-bond donors (Lipinski definition) is 1. The maximum atomic E-state index is 12.3. The first-order valence-electron chi connectivity index (χ1n) is 9.52. The van der Waals surface area contributed by atoms with Crippen LogP contribution in [0.2, 0.25) is 0 Å². The highest BCUT2D eigenvalue weighted by Crippen LogP contribution is 2.29. The van der Waals surface area contributed by atoms with Crippen LogP contribution in [-0.2, 0) is 6.54 Å². The quantitative estimate of drug-likeness (QED) is 0.467. The minimum absolute atomic E-state index is 0.196. The molecule has 0 unspecified atom stereocenters. The van der Waals surface area contributed by atoms with Gasteiger partial charge < -0.3 is 5.32 Å². The molecule has 3 aromatic carbocycles. The average Bonchev–Trinajstić information content (AvgIpc) is 3.28. The van der Waals surface area contributed by atoms with Crippen LogP contribution in [0.5, 0.6) is 0 Å². The molecule has 1 heterocycles. The second kappa shape index (κ2) is 8.73. The summed E-state index contributed by atoms with van der Waals surface area (Å²) in [5.41, 5.74) is 6.33. The molecule has 4 rings (SSSR count). The zero-order valence-corrected chi connectivity index (χ0v) is 17.2. The molecular formula is C25H19N3OS. The van der Waals surface area contributed by atoms with E-state index in [1.807, 2.05) is 30.3 Å². The number of carbonyl (C=O) groups excluding carboxylic acids is 1. The molecule has 0 saturated carbocycles. The monoisotopic (exact) mass is 409 g/mol. The summed E-state index contributed by atoms with van der Waals surface area (Å²) in [5, 5.41) is 14.9. The van der Waals surface area contributed by atoms with E-state index in [1.54, 1.807) is 35.6 Å². The van der Waals surface area contributed by atoms with Crippen molar-refractivity contribution in [2.45, 2.75) is 13.5 Å². The molecule has 0 aliphatic carbocycles. The molecule has 146 valence electrons. The zero-order valence-electron chi connectivity index (χ0n) is 16.4. The van der Waals surface area contributed by atoms with Gasteiger partial charge in [-0.2, -0.15) is 5.26 Å². The summed E-state index contributed by atoms with van der Waals surface area (Å²) in [6.45, 7) is 2.49. The van der Waals surface area contributed by atoms with Gasteiger partial charge in [-0.15, -0.1) is 11.3 Å². The van der Waals surface area contributed by atoms with Gasteiger partial charge in [0.2, 0.25) is 0 Å². The van der Waals surface area contributed by atoms with Crippen molar-refractivity contribution in [1.29, 1.82) is 5.26 Å². The fourth-order valence-corrected chi connectivity index (χ4v) is 3.88. The van der Waals surface area contributed by atoms with Crippen LogP contribution in [0.15, 0.2) is 78.2 Å². The van der Waals surface area contributed by atoms with Gasteiger partial charge in [-0.1, -0.05) is 60.2 Å². The van der Waals surface area contributed by atoms with Crippen LogP contribution in [0, 0.1) is 18.3 Å². The maximum absolute atomic E-state index is 12.3. The van der Waals surface area contributed by atoms with E-state index in [0.29, 0.717) is 17.7 Å². The van der Waals surface area contributed by atoms with Crippen molar-refractivity contribution in [1.82, 2.24) is 10.3 Å². The number of nitrogens with one attached hydrogen (secondary N) is 1. The van der Waals surface area contributed by atoms with Gasteiger partial charge in [0, 0.05) is 28.6 Å². The van der Waals surface area contributed by atoms with E-state index >= 15 is 0 Å². The molecule has 0 spiro atoms. The largest absolute Gasteiger partial charge is 0.348 e. The molecule has 0 atom stereocenters. The Morgan fingerprint density at radius 2 is 1.77 bits per heavy atom. The summed E-state index contributed by atoms with van der Waals surface area (Å²) in [6.07, 6.45) is 0. The number of aryl methyl sites for hydroxylation is 1. The number of carbonyl (C=O) groups is 1. The molecule has 1 N–H and O–H groups in total. The molecule has 0 fully saturated rings. The molecule has 4 aromatic rings. The standard InChI is InChI=1S/C25H19N3OS/c1-17-5-9-20(10-6-17)23-16-30-25(28-23)21-11-7-18(8-12-21)15-27-24(29)22-4-2-3-19(13-22)14-26/h2-13,16H,15H2,1H3,(H,27,29). The van der Waals surface area contributed by atoms with E-state index < -0.39 is 0 Å². The lowest BCUT2D eigenvalue weighted by Gasteiger charge is -2.06. The van der Waals surface area contributed by atoms with Crippen LogP contribution in [0.4, 0.5) is 0 Å². The van der Waals surface area contributed by atoms with Crippen molar-refractivity contribution >= 4 is 17.2 Å². The number of benzene rings is 3. The summed E-state index contributed by atoms with van der Waals surface area (Å²) in [6, 6.07) is 25.1. The van der Waals surface area contributed by atoms with Crippen LogP contribution in [0.3, 0.4) is 0 Å². The molecule has 4 nitrogen and oxygen atoms in total. The fraction of sp³-hybridized carbons (Fsp3) is 0.0800. The zero-order chi connectivity index (χ0) is 20.9. The number of aromatic nitrogens is 1. The van der Waals surface area contributed by atoms with Gasteiger partial charge in [-0.3, -0.25) is 4.79 Å². The predicted molar refractivity (Wildman–Crippen MR) is 120 cm³/mol. The fourth-order valence-electron chi connectivity index (χ4n) is 3.04. The van der Waals surface area contributed by atoms with Gasteiger partial charge in [0.25, 0.3) is 5.91 Å². The van der Waals surface area contributed by atoms with Crippen molar-refractivity contribution in [2.24, 2.45) is 0 Å². The van der Waals surface area contributed by atoms with Crippen LogP contribution >= 0.6 is 11.3 Å². The lowest BCUT2D eigenvalue weighted by molar-refractivity contribution is 0.0951. The highest BCUT2D eigenvalue weighted by Gasteiger charge is 2.08. The molecular weight excluding hydrogens is 390 g/mol. The van der Waals surface area contributed by atoms with E-state index in [9.17, 15) is 4.79 Å². The Balaban J connectivity index is 1.41. The van der Waals surface area contributed by atoms with Crippen molar-refractivity contribution in [2.75, 3.05) is 0 Å². The van der Waals surface area contributed by atoms with E-state index in [2.05, 4.69) is 41.9 Å². The normalized spacial score (nSPS) is 10.4. The lowest BCUT2D eigenvalue weighted by atomic mass is 10.1. The Morgan fingerprint density at radius 1 is 1.03 bits per heavy atom. The molecule has 5 heteroatoms. The summed E-state index contributed by atoms with van der Waals surface area (Å²) in [5.74, 6) is -0.196. The Morgan fingerprint density at radius 3 is 2.50 bits per heavy atom. The van der Waals surface area contributed by atoms with E-state index in [-0.39, 0.29) is 5.91 Å². The number of rotatable bonds is 5. The molecule has 0 radical (unpaired) electrons. The number of amides is 1. The second-order valence-electron chi connectivity index (χ2n) is 6.98. The number of hydrogen-bond acceptors (Lipinski definition) is 4. The van der Waals surface area contributed by atoms with Crippen molar-refractivity contribution < 1.29 is 4.79 Å². The molecule has 30 heavy (non-hydrogen) atoms. The molecule has 0 bridgehead atoms. The van der Waals surface area contributed by atoms with Gasteiger partial charge in [0.05, 0.1) is 17.3 Å². The van der Waals surface area contributed by atoms with Crippen molar-refractivity contribution in [3.63, 3.8) is 0 Å². The Hall–Kier alpha value is -3.75. The average molecular weight is 410 g/mol. The SMILES string of the molecule is Cc1ccc(-c2csc(-c3ccc(CNC(=O)c4cccc(C#N)c4)cc3)n2)cc1. The molecule has 1 aromatic heterocycles. The van der Waals surface area contributed by atoms with E-state index in [0.717, 1.165) is 27.4 Å². The van der Waals surface area contributed by atoms with E-state index in [1.165, 1.54) is 5.56 Å². The first-order valence-corrected chi connectivity index (χ1v) is 10.4. The Kier molecular flexibility index (Phi) is 5.69. The van der Waals surface area contributed by atoms with Gasteiger partial charge in [-0.05, 0) is 30.7 Å². The smallest absolute Gasteiger partial charge is 0.251 e. The maximum Gasteiger partial charge on any atom is 0.251 e. The van der Waals surface area contributed by atoms with Gasteiger partial charge in [0.15, 0.2) is 0 Å². The van der Waals surface area contributed by atoms with E-state index in [4.69, 9.17) is 10.2 Å². The number of nitrogens with zero attached hydrogens (tertiary/aromatic N) is 2. The Bertz CT molecular complexity index is 1220. The third-order valence-electron chi connectivity index (χ3n) is 4.76. The third kappa shape index (κ3) is 4.45. The predicted octanol–water partition coefficient (Wildman–Crippen LogP) is 5.59. The van der Waals surface area contributed by atoms with Crippen LogP contribution < -0.4 is 5.32 Å². The van der Waals surface area contributed by atoms with Crippen LogP contribution in [-0.4, -0.2) is 10.9 Å². The van der Waals surface area contributed by atoms with Crippen molar-refractivity contribution in [3.05, 3.63) is 100 Å². The topological polar surface area (TPSA) is 65.8 Å². The minimum atomic E-state index is -0.196. The molecule has 0 aliphatic heterocycles.